The van der Waals surface area contributed by atoms with Gasteiger partial charge >= 0.3 is 11.9 Å². The molecule has 168 valence electrons. The Balaban J connectivity index is 1.78. The zero-order valence-electron chi connectivity index (χ0n) is 19.1. The third kappa shape index (κ3) is 4.45. The molecular formula is C21H38N2O6. The third-order valence-electron chi connectivity index (χ3n) is 6.70. The summed E-state index contributed by atoms with van der Waals surface area (Å²) < 4.78 is 10.8. The number of esters is 2. The van der Waals surface area contributed by atoms with Gasteiger partial charge in [0.1, 0.15) is 0 Å². The first-order valence-electron chi connectivity index (χ1n) is 10.4. The maximum atomic E-state index is 12.5. The molecule has 0 aromatic carbocycles. The minimum absolute atomic E-state index is 0.149. The highest BCUT2D eigenvalue weighted by Gasteiger charge is 2.56. The van der Waals surface area contributed by atoms with Gasteiger partial charge in [-0.2, -0.15) is 10.1 Å². The molecule has 0 saturated carbocycles. The number of hydrogen-bond donors (Lipinski definition) is 2. The van der Waals surface area contributed by atoms with Crippen molar-refractivity contribution >= 4 is 11.9 Å². The lowest BCUT2D eigenvalue weighted by Crippen LogP contribution is -2.48. The molecule has 2 saturated heterocycles. The second-order valence-electron chi connectivity index (χ2n) is 10.8. The van der Waals surface area contributed by atoms with Crippen molar-refractivity contribution in [1.29, 1.82) is 0 Å². The van der Waals surface area contributed by atoms with Crippen LogP contribution in [0, 0.1) is 11.8 Å². The Bertz CT molecular complexity index is 589. The summed E-state index contributed by atoms with van der Waals surface area (Å²) in [7, 11) is 0. The van der Waals surface area contributed by atoms with Crippen LogP contribution in [0.1, 0.15) is 74.7 Å². The highest BCUT2D eigenvalue weighted by Crippen LogP contribution is 2.45. The van der Waals surface area contributed by atoms with Crippen LogP contribution < -0.4 is 0 Å². The summed E-state index contributed by atoms with van der Waals surface area (Å²) in [4.78, 5) is 25.0. The number of hydrogen-bond acceptors (Lipinski definition) is 8. The first-order valence-corrected chi connectivity index (χ1v) is 10.4. The Kier molecular flexibility index (Phi) is 6.47. The molecule has 0 spiro atoms. The van der Waals surface area contributed by atoms with E-state index in [9.17, 15) is 20.0 Å². The van der Waals surface area contributed by atoms with E-state index < -0.39 is 34.0 Å². The van der Waals surface area contributed by atoms with Crippen molar-refractivity contribution in [2.75, 3.05) is 13.2 Å². The highest BCUT2D eigenvalue weighted by atomic mass is 16.6. The van der Waals surface area contributed by atoms with Crippen molar-refractivity contribution < 1.29 is 29.5 Å². The van der Waals surface area contributed by atoms with Crippen LogP contribution in [0.15, 0.2) is 0 Å². The van der Waals surface area contributed by atoms with Crippen molar-refractivity contribution in [3.63, 3.8) is 0 Å². The fraction of sp³-hybridized carbons (Fsp3) is 0.905. The lowest BCUT2D eigenvalue weighted by atomic mass is 9.87. The monoisotopic (exact) mass is 414 g/mol. The number of rotatable bonds is 6. The first kappa shape index (κ1) is 24.1. The van der Waals surface area contributed by atoms with Crippen LogP contribution in [0.5, 0.6) is 0 Å². The molecule has 2 aliphatic rings. The van der Waals surface area contributed by atoms with E-state index in [0.29, 0.717) is 19.3 Å². The topological polar surface area (TPSA) is 99.5 Å². The van der Waals surface area contributed by atoms with Gasteiger partial charge in [-0.25, -0.2) is 0 Å². The van der Waals surface area contributed by atoms with Crippen LogP contribution in [0.2, 0.25) is 0 Å². The van der Waals surface area contributed by atoms with Crippen LogP contribution in [-0.4, -0.2) is 67.8 Å². The largest absolute Gasteiger partial charge is 0.465 e. The van der Waals surface area contributed by atoms with E-state index in [1.807, 2.05) is 55.4 Å². The molecule has 2 heterocycles. The van der Waals surface area contributed by atoms with Crippen LogP contribution in [-0.2, 0) is 19.1 Å². The maximum absolute atomic E-state index is 12.5. The Hall–Kier alpha value is -1.22. The molecule has 0 aliphatic carbocycles. The van der Waals surface area contributed by atoms with Crippen molar-refractivity contribution in [3.05, 3.63) is 0 Å². The van der Waals surface area contributed by atoms with E-state index in [1.54, 1.807) is 0 Å². The van der Waals surface area contributed by atoms with Gasteiger partial charge in [-0.05, 0) is 68.2 Å². The first-order chi connectivity index (χ1) is 13.0. The Morgan fingerprint density at radius 3 is 1.31 bits per heavy atom. The summed E-state index contributed by atoms with van der Waals surface area (Å²) in [5.74, 6) is -1.55. The maximum Gasteiger partial charge on any atom is 0.310 e. The molecule has 0 radical (unpaired) electrons. The Morgan fingerprint density at radius 1 is 0.759 bits per heavy atom. The molecule has 29 heavy (non-hydrogen) atoms. The van der Waals surface area contributed by atoms with Crippen molar-refractivity contribution in [1.82, 2.24) is 10.1 Å². The molecule has 8 nitrogen and oxygen atoms in total. The average molecular weight is 415 g/mol. The van der Waals surface area contributed by atoms with E-state index >= 15 is 0 Å². The summed E-state index contributed by atoms with van der Waals surface area (Å²) in [5.41, 5.74) is -2.40. The third-order valence-corrected chi connectivity index (χ3v) is 6.70. The molecule has 8 heteroatoms. The van der Waals surface area contributed by atoms with Gasteiger partial charge in [0.2, 0.25) is 0 Å². The molecule has 0 aromatic rings. The number of carbonyl (C=O) groups excluding carboxylic acids is 2. The van der Waals surface area contributed by atoms with E-state index in [1.165, 1.54) is 10.1 Å². The van der Waals surface area contributed by atoms with Gasteiger partial charge in [0.05, 0.1) is 36.1 Å². The van der Waals surface area contributed by atoms with Crippen LogP contribution in [0.25, 0.3) is 0 Å². The molecule has 2 N–H and O–H groups in total. The SMILES string of the molecule is CC1(C)CC(C(=O)OCCCOC(=O)[C@@H]2CC(C)(C)N(O)C2(C)C)C(C)(C)N1O. The second kappa shape index (κ2) is 7.80. The number of nitrogens with zero attached hydrogens (tertiary/aromatic N) is 2. The molecule has 0 aromatic heterocycles. The fourth-order valence-electron chi connectivity index (χ4n) is 4.88. The van der Waals surface area contributed by atoms with E-state index in [2.05, 4.69) is 0 Å². The van der Waals surface area contributed by atoms with Gasteiger partial charge < -0.3 is 19.9 Å². The molecular weight excluding hydrogens is 376 g/mol. The number of hydroxylamine groups is 4. The minimum Gasteiger partial charge on any atom is -0.465 e. The van der Waals surface area contributed by atoms with Crippen LogP contribution in [0.3, 0.4) is 0 Å². The lowest BCUT2D eigenvalue weighted by Gasteiger charge is -2.35. The van der Waals surface area contributed by atoms with E-state index in [4.69, 9.17) is 9.47 Å². The standard InChI is InChI=1S/C21H38N2O6/c1-18(2)12-14(20(5,6)22(18)26)16(24)28-10-9-11-29-17(25)15-13-19(3,4)23(27)21(15,7)8/h14-15,26-27H,9-13H2,1-8H3/t14-,15?/m0/s1. The predicted octanol–water partition coefficient (Wildman–Crippen LogP) is 3.00. The number of carbonyl (C=O) groups is 2. The van der Waals surface area contributed by atoms with Crippen molar-refractivity contribution in [2.45, 2.75) is 96.8 Å². The highest BCUT2D eigenvalue weighted by molar-refractivity contribution is 5.75. The zero-order chi connectivity index (χ0) is 22.4. The van der Waals surface area contributed by atoms with E-state index in [-0.39, 0.29) is 25.2 Å². The predicted molar refractivity (Wildman–Crippen MR) is 106 cm³/mol. The van der Waals surface area contributed by atoms with Gasteiger partial charge in [-0.15, -0.1) is 0 Å². The summed E-state index contributed by atoms with van der Waals surface area (Å²) >= 11 is 0. The van der Waals surface area contributed by atoms with Crippen LogP contribution >= 0.6 is 0 Å². The van der Waals surface area contributed by atoms with Gasteiger partial charge in [0.15, 0.2) is 0 Å². The summed E-state index contributed by atoms with van der Waals surface area (Å²) in [6, 6.07) is 0. The van der Waals surface area contributed by atoms with Gasteiger partial charge in [-0.1, -0.05) is 0 Å². The molecule has 1 unspecified atom stereocenters. The molecule has 0 bridgehead atoms. The number of ether oxygens (including phenoxy) is 2. The van der Waals surface area contributed by atoms with Gasteiger partial charge in [-0.3, -0.25) is 9.59 Å². The molecule has 2 aliphatic heterocycles. The zero-order valence-corrected chi connectivity index (χ0v) is 19.1. The summed E-state index contributed by atoms with van der Waals surface area (Å²) in [5, 5.41) is 23.1. The van der Waals surface area contributed by atoms with E-state index in [0.717, 1.165) is 0 Å². The van der Waals surface area contributed by atoms with Gasteiger partial charge in [0, 0.05) is 17.5 Å². The molecule has 2 atom stereocenters. The normalized spacial score (nSPS) is 30.3. The molecule has 2 rings (SSSR count). The fourth-order valence-corrected chi connectivity index (χ4v) is 4.88. The molecule has 0 amide bonds. The lowest BCUT2D eigenvalue weighted by molar-refractivity contribution is -0.200. The Morgan fingerprint density at radius 2 is 1.07 bits per heavy atom. The average Bonchev–Trinajstić information content (AvgIpc) is 2.87. The van der Waals surface area contributed by atoms with Crippen molar-refractivity contribution in [3.8, 4) is 0 Å². The minimum atomic E-state index is -0.704. The smallest absolute Gasteiger partial charge is 0.310 e. The summed E-state index contributed by atoms with van der Waals surface area (Å²) in [6.45, 7) is 15.2. The summed E-state index contributed by atoms with van der Waals surface area (Å²) in [6.07, 6.45) is 1.42. The quantitative estimate of drug-likeness (QED) is 0.505. The second-order valence-corrected chi connectivity index (χ2v) is 10.8. The van der Waals surface area contributed by atoms with Gasteiger partial charge in [0.25, 0.3) is 0 Å². The molecule has 2 fully saturated rings. The van der Waals surface area contributed by atoms with Crippen molar-refractivity contribution in [2.24, 2.45) is 11.8 Å². The Labute approximate surface area is 174 Å². The van der Waals surface area contributed by atoms with Crippen LogP contribution in [0.4, 0.5) is 0 Å².